The molecule has 0 spiro atoms. The van der Waals surface area contributed by atoms with Crippen molar-refractivity contribution in [1.29, 1.82) is 0 Å². The number of benzene rings is 2. The second kappa shape index (κ2) is 11.9. The zero-order chi connectivity index (χ0) is 24.6. The van der Waals surface area contributed by atoms with Crippen LogP contribution in [0, 0.1) is 10.1 Å². The smallest absolute Gasteiger partial charge is 0.269 e. The van der Waals surface area contributed by atoms with E-state index < -0.39 is 4.92 Å². The molecule has 0 bridgehead atoms. The molecule has 10 heteroatoms. The van der Waals surface area contributed by atoms with Crippen LogP contribution in [0.15, 0.2) is 59.8 Å². The Bertz CT molecular complexity index is 1140. The number of amides is 1. The Labute approximate surface area is 209 Å². The standard InChI is InChI=1S/C25H30N6O3S/c1-19-8-5-6-16-29(19)17-7-15-26-23(32)18-35-25-28-27-24(30(25)21-9-3-2-4-10-21)20-11-13-22(14-12-20)31(33)34/h2-4,9-14,19H,5-8,15-18H2,1H3,(H,26,32). The van der Waals surface area contributed by atoms with Crippen molar-refractivity contribution < 1.29 is 9.72 Å². The lowest BCUT2D eigenvalue weighted by Gasteiger charge is -2.33. The summed E-state index contributed by atoms with van der Waals surface area (Å²) >= 11 is 1.32. The van der Waals surface area contributed by atoms with Crippen LogP contribution in [0.5, 0.6) is 0 Å². The van der Waals surface area contributed by atoms with Crippen molar-refractivity contribution in [3.63, 3.8) is 0 Å². The number of hydrogen-bond acceptors (Lipinski definition) is 7. The minimum absolute atomic E-state index is 0.0144. The molecule has 0 aliphatic carbocycles. The highest BCUT2D eigenvalue weighted by Crippen LogP contribution is 2.29. The van der Waals surface area contributed by atoms with Gasteiger partial charge in [0, 0.05) is 42.5 Å². The van der Waals surface area contributed by atoms with Gasteiger partial charge in [-0.25, -0.2) is 0 Å². The quantitative estimate of drug-likeness (QED) is 0.194. The van der Waals surface area contributed by atoms with E-state index in [1.807, 2.05) is 34.9 Å². The Morgan fingerprint density at radius 3 is 2.63 bits per heavy atom. The van der Waals surface area contributed by atoms with Crippen LogP contribution in [-0.2, 0) is 4.79 Å². The third-order valence-corrected chi connectivity index (χ3v) is 7.13. The lowest BCUT2D eigenvalue weighted by molar-refractivity contribution is -0.384. The number of hydrogen-bond donors (Lipinski definition) is 1. The van der Waals surface area contributed by atoms with E-state index in [-0.39, 0.29) is 17.3 Å². The number of likely N-dealkylation sites (tertiary alicyclic amines) is 1. The molecule has 9 nitrogen and oxygen atoms in total. The number of nitrogens with zero attached hydrogens (tertiary/aromatic N) is 5. The van der Waals surface area contributed by atoms with Gasteiger partial charge in [0.25, 0.3) is 5.69 Å². The zero-order valence-electron chi connectivity index (χ0n) is 19.8. The van der Waals surface area contributed by atoms with Crippen molar-refractivity contribution >= 4 is 23.4 Å². The number of carbonyl (C=O) groups is 1. The maximum absolute atomic E-state index is 12.5. The molecule has 1 aliphatic rings. The summed E-state index contributed by atoms with van der Waals surface area (Å²) in [5, 5.41) is 23.3. The van der Waals surface area contributed by atoms with Crippen molar-refractivity contribution in [2.45, 2.75) is 43.8 Å². The molecule has 1 fully saturated rings. The average molecular weight is 495 g/mol. The molecule has 1 aliphatic heterocycles. The van der Waals surface area contributed by atoms with Crippen LogP contribution in [0.3, 0.4) is 0 Å². The Morgan fingerprint density at radius 1 is 1.14 bits per heavy atom. The Balaban J connectivity index is 1.39. The predicted molar refractivity (Wildman–Crippen MR) is 137 cm³/mol. The highest BCUT2D eigenvalue weighted by molar-refractivity contribution is 7.99. The van der Waals surface area contributed by atoms with Gasteiger partial charge in [0.2, 0.25) is 5.91 Å². The summed E-state index contributed by atoms with van der Waals surface area (Å²) in [5.41, 5.74) is 1.57. The predicted octanol–water partition coefficient (Wildman–Crippen LogP) is 4.32. The van der Waals surface area contributed by atoms with Gasteiger partial charge in [-0.1, -0.05) is 36.4 Å². The Hall–Kier alpha value is -3.24. The summed E-state index contributed by atoms with van der Waals surface area (Å²) in [6.45, 7) is 5.09. The molecule has 3 aromatic rings. The van der Waals surface area contributed by atoms with Crippen LogP contribution < -0.4 is 5.32 Å². The Morgan fingerprint density at radius 2 is 1.91 bits per heavy atom. The van der Waals surface area contributed by atoms with E-state index in [0.717, 1.165) is 25.2 Å². The van der Waals surface area contributed by atoms with Gasteiger partial charge in [0.05, 0.1) is 10.7 Å². The zero-order valence-corrected chi connectivity index (χ0v) is 20.6. The molecule has 1 aromatic heterocycles. The van der Waals surface area contributed by atoms with E-state index in [2.05, 4.69) is 27.3 Å². The van der Waals surface area contributed by atoms with Crippen LogP contribution in [0.25, 0.3) is 17.1 Å². The van der Waals surface area contributed by atoms with Crippen LogP contribution in [0.2, 0.25) is 0 Å². The van der Waals surface area contributed by atoms with Gasteiger partial charge >= 0.3 is 0 Å². The van der Waals surface area contributed by atoms with Crippen molar-refractivity contribution in [2.24, 2.45) is 0 Å². The molecule has 0 radical (unpaired) electrons. The van der Waals surface area contributed by atoms with Crippen LogP contribution in [0.4, 0.5) is 5.69 Å². The summed E-state index contributed by atoms with van der Waals surface area (Å²) in [7, 11) is 0. The number of para-hydroxylation sites is 1. The van der Waals surface area contributed by atoms with Gasteiger partial charge in [0.15, 0.2) is 11.0 Å². The molecule has 0 saturated carbocycles. The summed E-state index contributed by atoms with van der Waals surface area (Å²) in [6, 6.07) is 16.5. The number of aromatic nitrogens is 3. The third-order valence-electron chi connectivity index (χ3n) is 6.20. The van der Waals surface area contributed by atoms with Gasteiger partial charge < -0.3 is 10.2 Å². The summed E-state index contributed by atoms with van der Waals surface area (Å²) in [5.74, 6) is 0.747. The fourth-order valence-corrected chi connectivity index (χ4v) is 5.06. The first-order valence-corrected chi connectivity index (χ1v) is 12.9. The van der Waals surface area contributed by atoms with E-state index >= 15 is 0 Å². The molecule has 2 aromatic carbocycles. The number of nitrogens with one attached hydrogen (secondary N) is 1. The van der Waals surface area contributed by atoms with E-state index in [1.165, 1.54) is 43.2 Å². The molecule has 1 N–H and O–H groups in total. The molecule has 1 saturated heterocycles. The van der Waals surface area contributed by atoms with Gasteiger partial charge in [-0.2, -0.15) is 0 Å². The number of rotatable bonds is 10. The second-order valence-corrected chi connectivity index (χ2v) is 9.60. The SMILES string of the molecule is CC1CCCCN1CCCNC(=O)CSc1nnc(-c2ccc([N+](=O)[O-])cc2)n1-c1ccccc1. The van der Waals surface area contributed by atoms with E-state index in [0.29, 0.717) is 29.1 Å². The topological polar surface area (TPSA) is 106 Å². The van der Waals surface area contributed by atoms with Gasteiger partial charge in [0.1, 0.15) is 0 Å². The first-order valence-electron chi connectivity index (χ1n) is 11.9. The number of nitro benzene ring substituents is 1. The number of carbonyl (C=O) groups excluding carboxylic acids is 1. The van der Waals surface area contributed by atoms with E-state index in [4.69, 9.17) is 0 Å². The Kier molecular flexibility index (Phi) is 8.49. The van der Waals surface area contributed by atoms with Crippen molar-refractivity contribution in [2.75, 3.05) is 25.4 Å². The van der Waals surface area contributed by atoms with Gasteiger partial charge in [-0.15, -0.1) is 10.2 Å². The fraction of sp³-hybridized carbons (Fsp3) is 0.400. The van der Waals surface area contributed by atoms with Crippen LogP contribution in [0.1, 0.15) is 32.6 Å². The van der Waals surface area contributed by atoms with Crippen molar-refractivity contribution in [3.8, 4) is 17.1 Å². The first-order chi connectivity index (χ1) is 17.0. The lowest BCUT2D eigenvalue weighted by atomic mass is 10.0. The molecule has 4 rings (SSSR count). The molecule has 1 atom stereocenters. The number of nitro groups is 1. The van der Waals surface area contributed by atoms with Crippen molar-refractivity contribution in [3.05, 3.63) is 64.7 Å². The third kappa shape index (κ3) is 6.46. The molecule has 184 valence electrons. The summed E-state index contributed by atoms with van der Waals surface area (Å²) in [6.07, 6.45) is 4.76. The highest BCUT2D eigenvalue weighted by atomic mass is 32.2. The van der Waals surface area contributed by atoms with Crippen LogP contribution >= 0.6 is 11.8 Å². The molecule has 35 heavy (non-hydrogen) atoms. The van der Waals surface area contributed by atoms with Crippen molar-refractivity contribution in [1.82, 2.24) is 25.0 Å². The second-order valence-electron chi connectivity index (χ2n) is 8.65. The first kappa shape index (κ1) is 24.9. The van der Waals surface area contributed by atoms with Gasteiger partial charge in [-0.05, 0) is 57.0 Å². The molecule has 1 amide bonds. The largest absolute Gasteiger partial charge is 0.355 e. The molecule has 1 unspecified atom stereocenters. The van der Waals surface area contributed by atoms with Gasteiger partial charge in [-0.3, -0.25) is 19.5 Å². The minimum Gasteiger partial charge on any atom is -0.355 e. The monoisotopic (exact) mass is 494 g/mol. The minimum atomic E-state index is -0.432. The summed E-state index contributed by atoms with van der Waals surface area (Å²) in [4.78, 5) is 25.6. The number of piperidine rings is 1. The van der Waals surface area contributed by atoms with E-state index in [1.54, 1.807) is 12.1 Å². The molecule has 2 heterocycles. The maximum Gasteiger partial charge on any atom is 0.269 e. The molecular formula is C25H30N6O3S. The normalized spacial score (nSPS) is 16.2. The molecular weight excluding hydrogens is 464 g/mol. The lowest BCUT2D eigenvalue weighted by Crippen LogP contribution is -2.39. The van der Waals surface area contributed by atoms with Crippen LogP contribution in [-0.4, -0.2) is 61.9 Å². The highest BCUT2D eigenvalue weighted by Gasteiger charge is 2.19. The fourth-order valence-electron chi connectivity index (χ4n) is 4.27. The maximum atomic E-state index is 12.5. The average Bonchev–Trinajstić information content (AvgIpc) is 3.31. The summed E-state index contributed by atoms with van der Waals surface area (Å²) < 4.78 is 1.87. The number of thioether (sulfide) groups is 1. The number of non-ortho nitro benzene ring substituents is 1. The van der Waals surface area contributed by atoms with E-state index in [9.17, 15) is 14.9 Å².